The number of hydrogen-bond acceptors (Lipinski definition) is 5. The maximum atomic E-state index is 12.2. The van der Waals surface area contributed by atoms with Crippen LogP contribution in [0.3, 0.4) is 0 Å². The van der Waals surface area contributed by atoms with Gasteiger partial charge in [0.2, 0.25) is 5.91 Å². The van der Waals surface area contributed by atoms with Gasteiger partial charge in [0.05, 0.1) is 0 Å². The van der Waals surface area contributed by atoms with Crippen molar-refractivity contribution >= 4 is 12.0 Å². The van der Waals surface area contributed by atoms with Crippen LogP contribution in [0.4, 0.5) is 4.79 Å². The first-order valence-electron chi connectivity index (χ1n) is 9.11. The minimum absolute atomic E-state index is 0.0778. The molecule has 0 saturated carbocycles. The average Bonchev–Trinajstić information content (AvgIpc) is 2.86. The van der Waals surface area contributed by atoms with E-state index < -0.39 is 17.7 Å². The van der Waals surface area contributed by atoms with Gasteiger partial charge in [0, 0.05) is 26.1 Å². The molecular formula is C17H29N5O4. The van der Waals surface area contributed by atoms with Crippen molar-refractivity contribution in [3.05, 3.63) is 16.3 Å². The zero-order valence-corrected chi connectivity index (χ0v) is 16.0. The number of alkyl carbamates (subject to hydrolysis) is 1. The van der Waals surface area contributed by atoms with Crippen LogP contribution in [0, 0.1) is 0 Å². The van der Waals surface area contributed by atoms with E-state index in [-0.39, 0.29) is 11.6 Å². The number of carbonyl (C=O) groups is 2. The first-order valence-corrected chi connectivity index (χ1v) is 9.11. The number of nitrogens with zero attached hydrogens (tertiary/aromatic N) is 3. The van der Waals surface area contributed by atoms with Gasteiger partial charge in [-0.25, -0.2) is 14.3 Å². The minimum atomic E-state index is -0.701. The Labute approximate surface area is 153 Å². The molecule has 9 heteroatoms. The number of fused-ring (bicyclic) bond motifs is 1. The van der Waals surface area contributed by atoms with Crippen LogP contribution in [0.15, 0.2) is 4.79 Å². The van der Waals surface area contributed by atoms with Crippen LogP contribution in [0.25, 0.3) is 0 Å². The molecule has 1 aromatic heterocycles. The summed E-state index contributed by atoms with van der Waals surface area (Å²) in [6, 6.07) is -0.701. The summed E-state index contributed by atoms with van der Waals surface area (Å²) in [5, 5.41) is 9.59. The lowest BCUT2D eigenvalue weighted by atomic mass is 10.2. The largest absolute Gasteiger partial charge is 0.444 e. The molecule has 0 aliphatic carbocycles. The van der Waals surface area contributed by atoms with E-state index in [1.54, 1.807) is 32.3 Å². The molecule has 1 atom stereocenters. The third kappa shape index (κ3) is 5.60. The molecular weight excluding hydrogens is 338 g/mol. The molecule has 1 aromatic rings. The number of rotatable bonds is 6. The molecule has 2 heterocycles. The van der Waals surface area contributed by atoms with Crippen molar-refractivity contribution in [3.63, 3.8) is 0 Å². The maximum Gasteiger partial charge on any atom is 0.408 e. The van der Waals surface area contributed by atoms with Crippen molar-refractivity contribution in [1.29, 1.82) is 0 Å². The van der Waals surface area contributed by atoms with Crippen LogP contribution in [-0.2, 0) is 29.0 Å². The monoisotopic (exact) mass is 367 g/mol. The van der Waals surface area contributed by atoms with Gasteiger partial charge in [-0.3, -0.25) is 9.36 Å². The molecule has 0 fully saturated rings. The van der Waals surface area contributed by atoms with Crippen molar-refractivity contribution < 1.29 is 14.3 Å². The smallest absolute Gasteiger partial charge is 0.408 e. The second kappa shape index (κ2) is 8.37. The highest BCUT2D eigenvalue weighted by Gasteiger charge is 2.21. The van der Waals surface area contributed by atoms with Crippen molar-refractivity contribution in [2.24, 2.45) is 0 Å². The molecule has 2 amide bonds. The molecule has 2 rings (SSSR count). The molecule has 0 aromatic carbocycles. The second-order valence-electron chi connectivity index (χ2n) is 7.54. The highest BCUT2D eigenvalue weighted by molar-refractivity contribution is 5.85. The summed E-state index contributed by atoms with van der Waals surface area (Å²) in [5.74, 6) is 0.549. The van der Waals surface area contributed by atoms with Gasteiger partial charge in [0.25, 0.3) is 0 Å². The topological polar surface area (TPSA) is 107 Å². The summed E-state index contributed by atoms with van der Waals surface area (Å²) in [4.78, 5) is 35.9. The van der Waals surface area contributed by atoms with Gasteiger partial charge in [0.15, 0.2) is 0 Å². The molecule has 1 unspecified atom stereocenters. The molecule has 9 nitrogen and oxygen atoms in total. The van der Waals surface area contributed by atoms with Gasteiger partial charge in [-0.2, -0.15) is 5.10 Å². The molecule has 0 radical (unpaired) electrons. The fourth-order valence-corrected chi connectivity index (χ4v) is 2.74. The van der Waals surface area contributed by atoms with Crippen LogP contribution in [0.2, 0.25) is 0 Å². The first-order chi connectivity index (χ1) is 12.2. The number of aryl methyl sites for hydroxylation is 2. The van der Waals surface area contributed by atoms with Crippen molar-refractivity contribution in [2.75, 3.05) is 6.54 Å². The number of nitrogens with one attached hydrogen (secondary N) is 2. The van der Waals surface area contributed by atoms with E-state index in [0.717, 1.165) is 31.6 Å². The number of ether oxygens (including phenoxy) is 1. The van der Waals surface area contributed by atoms with Crippen LogP contribution in [-0.4, -0.2) is 44.5 Å². The predicted molar refractivity (Wildman–Crippen MR) is 95.9 cm³/mol. The fraction of sp³-hybridized carbons (Fsp3) is 0.765. The lowest BCUT2D eigenvalue weighted by Crippen LogP contribution is -2.46. The van der Waals surface area contributed by atoms with Gasteiger partial charge in [0.1, 0.15) is 17.5 Å². The molecule has 0 bridgehead atoms. The number of carbonyl (C=O) groups excluding carboxylic acids is 2. The highest BCUT2D eigenvalue weighted by Crippen LogP contribution is 2.09. The van der Waals surface area contributed by atoms with E-state index in [0.29, 0.717) is 19.5 Å². The number of amides is 2. The van der Waals surface area contributed by atoms with E-state index in [4.69, 9.17) is 4.74 Å². The zero-order chi connectivity index (χ0) is 19.3. The van der Waals surface area contributed by atoms with Crippen LogP contribution in [0.1, 0.15) is 52.8 Å². The quantitative estimate of drug-likeness (QED) is 0.723. The Morgan fingerprint density at radius 2 is 2.04 bits per heavy atom. The fourth-order valence-electron chi connectivity index (χ4n) is 2.74. The SMILES string of the molecule is CC(NC(=O)OC(C)(C)C)C(=O)NCCCn1nc2n(c1=O)CCCC2. The molecule has 0 spiro atoms. The Kier molecular flexibility index (Phi) is 6.44. The summed E-state index contributed by atoms with van der Waals surface area (Å²) in [7, 11) is 0. The molecule has 1 aliphatic rings. The van der Waals surface area contributed by atoms with E-state index >= 15 is 0 Å². The number of aromatic nitrogens is 3. The van der Waals surface area contributed by atoms with E-state index in [9.17, 15) is 14.4 Å². The van der Waals surface area contributed by atoms with Crippen molar-refractivity contribution in [1.82, 2.24) is 25.0 Å². The van der Waals surface area contributed by atoms with Crippen LogP contribution >= 0.6 is 0 Å². The third-order valence-electron chi connectivity index (χ3n) is 4.00. The Morgan fingerprint density at radius 1 is 1.31 bits per heavy atom. The third-order valence-corrected chi connectivity index (χ3v) is 4.00. The van der Waals surface area contributed by atoms with Gasteiger partial charge in [-0.05, 0) is 47.0 Å². The second-order valence-corrected chi connectivity index (χ2v) is 7.54. The zero-order valence-electron chi connectivity index (χ0n) is 16.0. The Morgan fingerprint density at radius 3 is 2.69 bits per heavy atom. The summed E-state index contributed by atoms with van der Waals surface area (Å²) < 4.78 is 8.31. The van der Waals surface area contributed by atoms with Gasteiger partial charge in [-0.1, -0.05) is 0 Å². The predicted octanol–water partition coefficient (Wildman–Crippen LogP) is 0.801. The van der Waals surface area contributed by atoms with E-state index in [1.807, 2.05) is 0 Å². The Balaban J connectivity index is 1.72. The lowest BCUT2D eigenvalue weighted by molar-refractivity contribution is -0.122. The summed E-state index contributed by atoms with van der Waals surface area (Å²) in [6.45, 7) is 8.44. The standard InChI is InChI=1S/C17H29N5O4/c1-12(19-15(24)26-17(2,3)4)14(23)18-9-7-11-22-16(25)21-10-6-5-8-13(21)20-22/h12H,5-11H2,1-4H3,(H,18,23)(H,19,24). The minimum Gasteiger partial charge on any atom is -0.444 e. The summed E-state index contributed by atoms with van der Waals surface area (Å²) in [6.07, 6.45) is 2.87. The molecule has 146 valence electrons. The summed E-state index contributed by atoms with van der Waals surface area (Å²) >= 11 is 0. The molecule has 0 saturated heterocycles. The molecule has 26 heavy (non-hydrogen) atoms. The molecule has 1 aliphatic heterocycles. The lowest BCUT2D eigenvalue weighted by Gasteiger charge is -2.21. The average molecular weight is 367 g/mol. The maximum absolute atomic E-state index is 12.2. The summed E-state index contributed by atoms with van der Waals surface area (Å²) in [5.41, 5.74) is -0.692. The van der Waals surface area contributed by atoms with Crippen LogP contribution < -0.4 is 16.3 Å². The van der Waals surface area contributed by atoms with Crippen molar-refractivity contribution in [2.45, 2.75) is 78.1 Å². The highest BCUT2D eigenvalue weighted by atomic mass is 16.6. The Hall–Kier alpha value is -2.32. The molecule has 2 N–H and O–H groups in total. The Bertz CT molecular complexity index is 701. The van der Waals surface area contributed by atoms with Gasteiger partial charge < -0.3 is 15.4 Å². The van der Waals surface area contributed by atoms with E-state index in [1.165, 1.54) is 4.68 Å². The first kappa shape index (κ1) is 20.0. The van der Waals surface area contributed by atoms with Crippen molar-refractivity contribution in [3.8, 4) is 0 Å². The number of hydrogen-bond donors (Lipinski definition) is 2. The van der Waals surface area contributed by atoms with Crippen LogP contribution in [0.5, 0.6) is 0 Å². The normalized spacial score (nSPS) is 15.1. The van der Waals surface area contributed by atoms with Gasteiger partial charge >= 0.3 is 11.8 Å². The van der Waals surface area contributed by atoms with E-state index in [2.05, 4.69) is 15.7 Å². The van der Waals surface area contributed by atoms with Gasteiger partial charge in [-0.15, -0.1) is 0 Å².